The molecule has 4 heterocycles. The molecule has 0 bridgehead atoms. The summed E-state index contributed by atoms with van der Waals surface area (Å²) < 4.78 is 13.1. The lowest BCUT2D eigenvalue weighted by atomic mass is 10.1. The van der Waals surface area contributed by atoms with Crippen molar-refractivity contribution in [2.45, 2.75) is 31.3 Å². The monoisotopic (exact) mass is 560 g/mol. The fourth-order valence-electron chi connectivity index (χ4n) is 5.47. The van der Waals surface area contributed by atoms with E-state index in [2.05, 4.69) is 14.8 Å². The van der Waals surface area contributed by atoms with E-state index in [0.717, 1.165) is 51.1 Å². The summed E-state index contributed by atoms with van der Waals surface area (Å²) in [6, 6.07) is 7.09. The lowest BCUT2D eigenvalue weighted by Crippen LogP contribution is -2.34. The predicted octanol–water partition coefficient (Wildman–Crippen LogP) is 4.34. The van der Waals surface area contributed by atoms with Gasteiger partial charge in [0, 0.05) is 57.1 Å². The smallest absolute Gasteiger partial charge is 0.341 e. The van der Waals surface area contributed by atoms with E-state index in [-0.39, 0.29) is 17.6 Å². The van der Waals surface area contributed by atoms with Gasteiger partial charge in [0.2, 0.25) is 11.3 Å². The summed E-state index contributed by atoms with van der Waals surface area (Å²) >= 11 is 13.0. The third kappa shape index (κ3) is 5.33. The highest BCUT2D eigenvalue weighted by molar-refractivity contribution is 6.34. The standard InChI is InChI=1S/C27H30Cl2N4O5/c1-37-11-10-31-9-6-17(14-31)33-15-20(27(35)36)25(34)19-12-22(29)24(13-23(19)33)32-8-3-4-18(32)16-38-26-21(28)5-2-7-30-26/h2,5,7,12-13,15,17-18H,3-4,6,8-11,14,16H2,1H3,(H,35,36)/t17?,18-/m1/s1. The number of carboxylic acids is 1. The molecule has 2 aliphatic heterocycles. The number of rotatable bonds is 9. The Morgan fingerprint density at radius 2 is 2.05 bits per heavy atom. The Hall–Kier alpha value is -2.85. The average Bonchev–Trinajstić information content (AvgIpc) is 3.57. The van der Waals surface area contributed by atoms with Crippen molar-refractivity contribution in [2.24, 2.45) is 0 Å². The second-order valence-corrected chi connectivity index (χ2v) is 10.5. The van der Waals surface area contributed by atoms with Gasteiger partial charge in [-0.05, 0) is 43.5 Å². The SMILES string of the molecule is COCCN1CCC(n2cc(C(=O)O)c(=O)c3cc(Cl)c(N4CCC[C@@H]4COc4ncccc4Cl)cc32)C1. The van der Waals surface area contributed by atoms with E-state index in [4.69, 9.17) is 32.7 Å². The van der Waals surface area contributed by atoms with E-state index in [9.17, 15) is 14.7 Å². The molecule has 1 aromatic carbocycles. The number of halogens is 2. The maximum atomic E-state index is 13.2. The molecule has 0 radical (unpaired) electrons. The molecule has 0 aliphatic carbocycles. The number of anilines is 1. The summed E-state index contributed by atoms with van der Waals surface area (Å²) in [5, 5.41) is 10.9. The highest BCUT2D eigenvalue weighted by atomic mass is 35.5. The molecule has 5 rings (SSSR count). The molecule has 0 saturated carbocycles. The molecule has 11 heteroatoms. The average molecular weight is 561 g/mol. The molecule has 2 aromatic heterocycles. The number of likely N-dealkylation sites (tertiary alicyclic amines) is 1. The molecule has 0 amide bonds. The number of ether oxygens (including phenoxy) is 2. The van der Waals surface area contributed by atoms with Crippen LogP contribution >= 0.6 is 23.2 Å². The third-order valence-electron chi connectivity index (χ3n) is 7.41. The van der Waals surface area contributed by atoms with Gasteiger partial charge in [0.15, 0.2) is 0 Å². The normalized spacial score (nSPS) is 19.9. The van der Waals surface area contributed by atoms with Crippen LogP contribution in [0.15, 0.2) is 41.5 Å². The van der Waals surface area contributed by atoms with Crippen LogP contribution in [0.2, 0.25) is 10.0 Å². The van der Waals surface area contributed by atoms with Crippen LogP contribution in [0.4, 0.5) is 5.69 Å². The Morgan fingerprint density at radius 3 is 2.82 bits per heavy atom. The maximum absolute atomic E-state index is 13.2. The second kappa shape index (κ2) is 11.5. The molecule has 9 nitrogen and oxygen atoms in total. The number of fused-ring (bicyclic) bond motifs is 1. The zero-order valence-electron chi connectivity index (χ0n) is 21.1. The van der Waals surface area contributed by atoms with Crippen molar-refractivity contribution in [3.05, 3.63) is 62.5 Å². The van der Waals surface area contributed by atoms with E-state index in [0.29, 0.717) is 40.0 Å². The summed E-state index contributed by atoms with van der Waals surface area (Å²) in [5.74, 6) is -0.857. The van der Waals surface area contributed by atoms with E-state index in [1.54, 1.807) is 31.5 Å². The summed E-state index contributed by atoms with van der Waals surface area (Å²) in [5.41, 5.74) is 0.689. The summed E-state index contributed by atoms with van der Waals surface area (Å²) in [6.45, 7) is 4.19. The molecule has 1 unspecified atom stereocenters. The summed E-state index contributed by atoms with van der Waals surface area (Å²) in [4.78, 5) is 33.8. The van der Waals surface area contributed by atoms with Crippen molar-refractivity contribution in [3.8, 4) is 5.88 Å². The van der Waals surface area contributed by atoms with Gasteiger partial charge in [0.05, 0.1) is 28.9 Å². The molecule has 2 fully saturated rings. The summed E-state index contributed by atoms with van der Waals surface area (Å²) in [7, 11) is 1.68. The quantitative estimate of drug-likeness (QED) is 0.412. The van der Waals surface area contributed by atoms with Gasteiger partial charge in [-0.1, -0.05) is 23.2 Å². The van der Waals surface area contributed by atoms with Gasteiger partial charge in [0.25, 0.3) is 0 Å². The number of hydrogen-bond donors (Lipinski definition) is 1. The van der Waals surface area contributed by atoms with Gasteiger partial charge >= 0.3 is 5.97 Å². The Balaban J connectivity index is 1.51. The van der Waals surface area contributed by atoms with E-state index < -0.39 is 11.4 Å². The molecule has 3 aromatic rings. The largest absolute Gasteiger partial charge is 0.477 e. The van der Waals surface area contributed by atoms with Crippen LogP contribution in [0, 0.1) is 0 Å². The topological polar surface area (TPSA) is 97.1 Å². The summed E-state index contributed by atoms with van der Waals surface area (Å²) in [6.07, 6.45) is 5.82. The van der Waals surface area contributed by atoms with Crippen LogP contribution in [-0.2, 0) is 4.74 Å². The van der Waals surface area contributed by atoms with Gasteiger partial charge in [-0.15, -0.1) is 0 Å². The molecule has 2 aliphatic rings. The van der Waals surface area contributed by atoms with Crippen molar-refractivity contribution in [1.82, 2.24) is 14.5 Å². The molecule has 2 atom stereocenters. The Bertz CT molecular complexity index is 1400. The fourth-order valence-corrected chi connectivity index (χ4v) is 5.92. The Kier molecular flexibility index (Phi) is 8.09. The zero-order chi connectivity index (χ0) is 26.8. The molecule has 38 heavy (non-hydrogen) atoms. The first kappa shape index (κ1) is 26.7. The van der Waals surface area contributed by atoms with Crippen LogP contribution in [0.5, 0.6) is 5.88 Å². The van der Waals surface area contributed by atoms with Crippen molar-refractivity contribution in [1.29, 1.82) is 0 Å². The number of aromatic carboxylic acids is 1. The van der Waals surface area contributed by atoms with Crippen LogP contribution in [0.1, 0.15) is 35.7 Å². The zero-order valence-corrected chi connectivity index (χ0v) is 22.6. The van der Waals surface area contributed by atoms with Gasteiger partial charge in [-0.25, -0.2) is 9.78 Å². The minimum absolute atomic E-state index is 0.0195. The van der Waals surface area contributed by atoms with E-state index in [1.165, 1.54) is 6.20 Å². The number of carboxylic acid groups (broad SMARTS) is 1. The molecular formula is C27H30Cl2N4O5. The van der Waals surface area contributed by atoms with Gasteiger partial charge in [-0.3, -0.25) is 9.69 Å². The van der Waals surface area contributed by atoms with Crippen molar-refractivity contribution < 1.29 is 19.4 Å². The first-order valence-electron chi connectivity index (χ1n) is 12.7. The molecule has 0 spiro atoms. The van der Waals surface area contributed by atoms with Crippen LogP contribution < -0.4 is 15.1 Å². The number of nitrogens with zero attached hydrogens (tertiary/aromatic N) is 4. The number of aromatic nitrogens is 2. The fraction of sp³-hybridized carbons (Fsp3) is 0.444. The van der Waals surface area contributed by atoms with E-state index >= 15 is 0 Å². The number of hydrogen-bond acceptors (Lipinski definition) is 7. The van der Waals surface area contributed by atoms with Crippen LogP contribution in [0.25, 0.3) is 10.9 Å². The van der Waals surface area contributed by atoms with Crippen LogP contribution in [-0.4, -0.2) is 78.1 Å². The van der Waals surface area contributed by atoms with Gasteiger partial charge < -0.3 is 24.0 Å². The lowest BCUT2D eigenvalue weighted by Gasteiger charge is -2.29. The second-order valence-electron chi connectivity index (χ2n) is 9.73. The number of pyridine rings is 2. The first-order valence-corrected chi connectivity index (χ1v) is 13.5. The van der Waals surface area contributed by atoms with E-state index in [1.807, 2.05) is 10.6 Å². The number of methoxy groups -OCH3 is 1. The van der Waals surface area contributed by atoms with Crippen molar-refractivity contribution >= 4 is 45.8 Å². The molecule has 202 valence electrons. The third-order valence-corrected chi connectivity index (χ3v) is 8.00. The molecular weight excluding hydrogens is 531 g/mol. The number of benzene rings is 1. The lowest BCUT2D eigenvalue weighted by molar-refractivity contribution is 0.0694. The Labute approximate surface area is 230 Å². The maximum Gasteiger partial charge on any atom is 0.341 e. The minimum atomic E-state index is -1.25. The number of carbonyl (C=O) groups is 1. The molecule has 1 N–H and O–H groups in total. The minimum Gasteiger partial charge on any atom is -0.477 e. The van der Waals surface area contributed by atoms with Crippen molar-refractivity contribution in [3.63, 3.8) is 0 Å². The first-order chi connectivity index (χ1) is 18.4. The highest BCUT2D eigenvalue weighted by Gasteiger charge is 2.30. The van der Waals surface area contributed by atoms with Gasteiger partial charge in [0.1, 0.15) is 17.2 Å². The Morgan fingerprint density at radius 1 is 1.21 bits per heavy atom. The van der Waals surface area contributed by atoms with Crippen LogP contribution in [0.3, 0.4) is 0 Å². The highest BCUT2D eigenvalue weighted by Crippen LogP contribution is 2.36. The van der Waals surface area contributed by atoms with Crippen molar-refractivity contribution in [2.75, 3.05) is 51.4 Å². The van der Waals surface area contributed by atoms with Gasteiger partial charge in [-0.2, -0.15) is 0 Å². The predicted molar refractivity (Wildman–Crippen MR) is 147 cm³/mol. The molecule has 2 saturated heterocycles.